The van der Waals surface area contributed by atoms with E-state index in [0.717, 1.165) is 24.8 Å². The lowest BCUT2D eigenvalue weighted by Crippen LogP contribution is -2.33. The molecular formula is C15H21NO2. The lowest BCUT2D eigenvalue weighted by atomic mass is 9.76. The van der Waals surface area contributed by atoms with Crippen LogP contribution in [0.3, 0.4) is 0 Å². The van der Waals surface area contributed by atoms with Crippen LogP contribution in [0.1, 0.15) is 31.2 Å². The predicted molar refractivity (Wildman–Crippen MR) is 71.3 cm³/mol. The minimum absolute atomic E-state index is 0.137. The van der Waals surface area contributed by atoms with Crippen molar-refractivity contribution in [2.75, 3.05) is 6.54 Å². The van der Waals surface area contributed by atoms with Crippen molar-refractivity contribution in [1.82, 2.24) is 0 Å². The van der Waals surface area contributed by atoms with Gasteiger partial charge in [0.1, 0.15) is 11.5 Å². The molecule has 0 spiro atoms. The van der Waals surface area contributed by atoms with Gasteiger partial charge in [0, 0.05) is 12.3 Å². The van der Waals surface area contributed by atoms with Crippen molar-refractivity contribution in [2.24, 2.45) is 17.6 Å². The largest absolute Gasteiger partial charge is 0.508 e. The van der Waals surface area contributed by atoms with E-state index < -0.39 is 0 Å². The van der Waals surface area contributed by atoms with Gasteiger partial charge in [-0.15, -0.1) is 0 Å². The number of phenolic OH excluding ortho intramolecular Hbond substituents is 1. The maximum absolute atomic E-state index is 12.3. The van der Waals surface area contributed by atoms with Gasteiger partial charge in [0.2, 0.25) is 0 Å². The van der Waals surface area contributed by atoms with Crippen molar-refractivity contribution >= 4 is 5.78 Å². The van der Waals surface area contributed by atoms with Gasteiger partial charge in [-0.1, -0.05) is 25.0 Å². The molecule has 3 heteroatoms. The number of rotatable bonds is 4. The van der Waals surface area contributed by atoms with Crippen molar-refractivity contribution in [3.63, 3.8) is 0 Å². The maximum atomic E-state index is 12.3. The summed E-state index contributed by atoms with van der Waals surface area (Å²) in [5, 5.41) is 9.22. The summed E-state index contributed by atoms with van der Waals surface area (Å²) >= 11 is 0. The summed E-state index contributed by atoms with van der Waals surface area (Å²) < 4.78 is 0. The molecule has 3 nitrogen and oxygen atoms in total. The van der Waals surface area contributed by atoms with Crippen LogP contribution in [-0.2, 0) is 11.2 Å². The van der Waals surface area contributed by atoms with Crippen LogP contribution in [-0.4, -0.2) is 17.4 Å². The summed E-state index contributed by atoms with van der Waals surface area (Å²) in [7, 11) is 0. The lowest BCUT2D eigenvalue weighted by Gasteiger charge is -2.29. The Labute approximate surface area is 108 Å². The summed E-state index contributed by atoms with van der Waals surface area (Å²) in [6.07, 6.45) is 4.87. The first kappa shape index (κ1) is 13.1. The fourth-order valence-corrected chi connectivity index (χ4v) is 2.86. The molecule has 0 bridgehead atoms. The molecule has 0 aromatic heterocycles. The van der Waals surface area contributed by atoms with Crippen LogP contribution >= 0.6 is 0 Å². The van der Waals surface area contributed by atoms with Crippen LogP contribution in [0.2, 0.25) is 0 Å². The quantitative estimate of drug-likeness (QED) is 0.858. The normalized spacial score (nSPS) is 23.8. The number of Topliss-reactive ketones (excluding diaryl/α,β-unsaturated/α-hetero) is 1. The first-order chi connectivity index (χ1) is 8.70. The third kappa shape index (κ3) is 3.10. The maximum Gasteiger partial charge on any atom is 0.140 e. The Hall–Kier alpha value is -1.35. The number of aromatic hydroxyl groups is 1. The van der Waals surface area contributed by atoms with Crippen LogP contribution in [0.15, 0.2) is 24.3 Å². The number of hydrogen-bond donors (Lipinski definition) is 2. The van der Waals surface area contributed by atoms with Gasteiger partial charge in [-0.2, -0.15) is 0 Å². The lowest BCUT2D eigenvalue weighted by molar-refractivity contribution is -0.124. The third-order valence-corrected chi connectivity index (χ3v) is 3.94. The van der Waals surface area contributed by atoms with Crippen LogP contribution in [0, 0.1) is 11.8 Å². The van der Waals surface area contributed by atoms with Crippen molar-refractivity contribution in [3.05, 3.63) is 29.8 Å². The zero-order valence-electron chi connectivity index (χ0n) is 10.6. The fraction of sp³-hybridized carbons (Fsp3) is 0.533. The molecule has 1 fully saturated rings. The van der Waals surface area contributed by atoms with E-state index in [4.69, 9.17) is 5.73 Å². The highest BCUT2D eigenvalue weighted by Crippen LogP contribution is 2.30. The smallest absolute Gasteiger partial charge is 0.140 e. The second-order valence-corrected chi connectivity index (χ2v) is 5.20. The molecule has 1 aliphatic rings. The van der Waals surface area contributed by atoms with Crippen LogP contribution in [0.4, 0.5) is 0 Å². The van der Waals surface area contributed by atoms with E-state index in [9.17, 15) is 9.90 Å². The molecule has 0 radical (unpaired) electrons. The molecule has 0 heterocycles. The number of carbonyl (C=O) groups is 1. The molecule has 1 saturated carbocycles. The topological polar surface area (TPSA) is 63.3 Å². The molecule has 2 atom stereocenters. The summed E-state index contributed by atoms with van der Waals surface area (Å²) in [6.45, 7) is 0.617. The third-order valence-electron chi connectivity index (χ3n) is 3.94. The first-order valence-corrected chi connectivity index (χ1v) is 6.71. The van der Waals surface area contributed by atoms with Crippen LogP contribution in [0.5, 0.6) is 5.75 Å². The number of benzene rings is 1. The summed E-state index contributed by atoms with van der Waals surface area (Å²) in [6, 6.07) is 6.88. The van der Waals surface area contributed by atoms with Crippen molar-refractivity contribution in [3.8, 4) is 5.75 Å². The molecule has 2 rings (SSSR count). The van der Waals surface area contributed by atoms with Gasteiger partial charge in [-0.05, 0) is 43.0 Å². The molecular weight excluding hydrogens is 226 g/mol. The van der Waals surface area contributed by atoms with E-state index >= 15 is 0 Å². The Morgan fingerprint density at radius 1 is 1.22 bits per heavy atom. The Balaban J connectivity index is 2.00. The molecule has 2 unspecified atom stereocenters. The van der Waals surface area contributed by atoms with Gasteiger partial charge in [0.15, 0.2) is 0 Å². The van der Waals surface area contributed by atoms with Crippen molar-refractivity contribution < 1.29 is 9.90 Å². The number of phenols is 1. The highest BCUT2D eigenvalue weighted by atomic mass is 16.3. The standard InChI is InChI=1S/C15H21NO2/c16-10-12-3-1-2-4-14(12)15(18)9-11-5-7-13(17)8-6-11/h5-8,12,14,17H,1-4,9-10,16H2. The average molecular weight is 247 g/mol. The van der Waals surface area contributed by atoms with Crippen molar-refractivity contribution in [1.29, 1.82) is 0 Å². The molecule has 1 aromatic carbocycles. The molecule has 0 saturated heterocycles. The second-order valence-electron chi connectivity index (χ2n) is 5.20. The molecule has 1 aromatic rings. The highest BCUT2D eigenvalue weighted by Gasteiger charge is 2.29. The number of hydrogen-bond acceptors (Lipinski definition) is 3. The Bertz CT molecular complexity index is 399. The number of carbonyl (C=O) groups excluding carboxylic acids is 1. The van der Waals surface area contributed by atoms with Gasteiger partial charge in [-0.3, -0.25) is 4.79 Å². The molecule has 18 heavy (non-hydrogen) atoms. The summed E-state index contributed by atoms with van der Waals surface area (Å²) in [5.74, 6) is 1.04. The summed E-state index contributed by atoms with van der Waals surface area (Å²) in [4.78, 5) is 12.3. The van der Waals surface area contributed by atoms with Crippen LogP contribution < -0.4 is 5.73 Å². The molecule has 1 aliphatic carbocycles. The first-order valence-electron chi connectivity index (χ1n) is 6.71. The zero-order valence-corrected chi connectivity index (χ0v) is 10.6. The number of ketones is 1. The van der Waals surface area contributed by atoms with Crippen LogP contribution in [0.25, 0.3) is 0 Å². The zero-order chi connectivity index (χ0) is 13.0. The van der Waals surface area contributed by atoms with Gasteiger partial charge < -0.3 is 10.8 Å². The number of nitrogens with two attached hydrogens (primary N) is 1. The average Bonchev–Trinajstić information content (AvgIpc) is 2.41. The molecule has 0 amide bonds. The van der Waals surface area contributed by atoms with E-state index in [1.807, 2.05) is 12.1 Å². The molecule has 98 valence electrons. The van der Waals surface area contributed by atoms with E-state index in [1.165, 1.54) is 6.42 Å². The Morgan fingerprint density at radius 2 is 1.89 bits per heavy atom. The van der Waals surface area contributed by atoms with E-state index in [0.29, 0.717) is 24.7 Å². The van der Waals surface area contributed by atoms with E-state index in [2.05, 4.69) is 0 Å². The molecule has 0 aliphatic heterocycles. The fourth-order valence-electron chi connectivity index (χ4n) is 2.86. The van der Waals surface area contributed by atoms with Gasteiger partial charge in [0.25, 0.3) is 0 Å². The predicted octanol–water partition coefficient (Wildman–Crippen LogP) is 2.27. The van der Waals surface area contributed by atoms with E-state index in [-0.39, 0.29) is 11.7 Å². The minimum atomic E-state index is 0.137. The van der Waals surface area contributed by atoms with Gasteiger partial charge in [0.05, 0.1) is 0 Å². The SMILES string of the molecule is NCC1CCCCC1C(=O)Cc1ccc(O)cc1. The monoisotopic (exact) mass is 247 g/mol. The highest BCUT2D eigenvalue weighted by molar-refractivity contribution is 5.83. The molecule has 3 N–H and O–H groups in total. The Morgan fingerprint density at radius 3 is 2.56 bits per heavy atom. The summed E-state index contributed by atoms with van der Waals surface area (Å²) in [5.41, 5.74) is 6.73. The van der Waals surface area contributed by atoms with E-state index in [1.54, 1.807) is 12.1 Å². The van der Waals surface area contributed by atoms with Gasteiger partial charge in [-0.25, -0.2) is 0 Å². The van der Waals surface area contributed by atoms with Gasteiger partial charge >= 0.3 is 0 Å². The van der Waals surface area contributed by atoms with Crippen molar-refractivity contribution in [2.45, 2.75) is 32.1 Å². The Kier molecular flexibility index (Phi) is 4.37. The minimum Gasteiger partial charge on any atom is -0.508 e. The second kappa shape index (κ2) is 6.01.